The van der Waals surface area contributed by atoms with Crippen LogP contribution in [0.5, 0.6) is 5.88 Å². The number of anilines is 2. The molecule has 0 radical (unpaired) electrons. The van der Waals surface area contributed by atoms with E-state index in [2.05, 4.69) is 9.88 Å². The van der Waals surface area contributed by atoms with Crippen molar-refractivity contribution in [3.8, 4) is 5.88 Å². The average Bonchev–Trinajstić information content (AvgIpc) is 3.03. The minimum absolute atomic E-state index is 0.0961. The summed E-state index contributed by atoms with van der Waals surface area (Å²) in [5, 5.41) is 0. The Kier molecular flexibility index (Phi) is 5.47. The second-order valence-corrected chi connectivity index (χ2v) is 8.25. The van der Waals surface area contributed by atoms with Crippen LogP contribution in [-0.4, -0.2) is 55.1 Å². The molecule has 3 heterocycles. The van der Waals surface area contributed by atoms with Crippen LogP contribution in [0.15, 0.2) is 12.1 Å². The van der Waals surface area contributed by atoms with Crippen molar-refractivity contribution >= 4 is 11.5 Å². The summed E-state index contributed by atoms with van der Waals surface area (Å²) >= 11 is 0. The van der Waals surface area contributed by atoms with E-state index in [4.69, 9.17) is 9.47 Å². The number of aromatic nitrogens is 1. The normalized spacial score (nSPS) is 24.4. The smallest absolute Gasteiger partial charge is 0.408 e. The molecule has 27 heavy (non-hydrogen) atoms. The minimum Gasteiger partial charge on any atom is -0.472 e. The molecule has 2 fully saturated rings. The maximum absolute atomic E-state index is 13.5. The molecule has 3 rings (SSSR count). The topological polar surface area (TPSA) is 37.8 Å². The molecule has 2 atom stereocenters. The molecular formula is C19H28F3N3O2. The first kappa shape index (κ1) is 20.0. The third kappa shape index (κ3) is 4.78. The Hall–Kier alpha value is -1.70. The lowest BCUT2D eigenvalue weighted by atomic mass is 10.2. The van der Waals surface area contributed by atoms with Gasteiger partial charge in [-0.05, 0) is 40.5 Å². The first-order valence-electron chi connectivity index (χ1n) is 9.43. The van der Waals surface area contributed by atoms with Gasteiger partial charge in [0.05, 0.1) is 13.2 Å². The first-order chi connectivity index (χ1) is 12.5. The lowest BCUT2D eigenvalue weighted by Crippen LogP contribution is -2.44. The molecule has 0 saturated carbocycles. The van der Waals surface area contributed by atoms with Gasteiger partial charge >= 0.3 is 6.18 Å². The Morgan fingerprint density at radius 3 is 2.52 bits per heavy atom. The van der Waals surface area contributed by atoms with Crippen LogP contribution in [0, 0.1) is 0 Å². The molecule has 0 spiro atoms. The van der Waals surface area contributed by atoms with E-state index >= 15 is 0 Å². The molecule has 8 heteroatoms. The number of hydrogen-bond acceptors (Lipinski definition) is 5. The maximum Gasteiger partial charge on any atom is 0.408 e. The van der Waals surface area contributed by atoms with Crippen LogP contribution >= 0.6 is 0 Å². The highest BCUT2D eigenvalue weighted by Crippen LogP contribution is 2.38. The van der Waals surface area contributed by atoms with E-state index < -0.39 is 17.8 Å². The second-order valence-electron chi connectivity index (χ2n) is 8.25. The van der Waals surface area contributed by atoms with Gasteiger partial charge in [-0.15, -0.1) is 0 Å². The van der Waals surface area contributed by atoms with Crippen LogP contribution in [0.4, 0.5) is 24.7 Å². The van der Waals surface area contributed by atoms with E-state index in [0.717, 1.165) is 5.69 Å². The van der Waals surface area contributed by atoms with Gasteiger partial charge in [-0.3, -0.25) is 0 Å². The fourth-order valence-electron chi connectivity index (χ4n) is 3.65. The number of rotatable bonds is 3. The van der Waals surface area contributed by atoms with Crippen molar-refractivity contribution in [2.45, 2.75) is 64.4 Å². The van der Waals surface area contributed by atoms with E-state index in [9.17, 15) is 13.2 Å². The molecule has 0 bridgehead atoms. The summed E-state index contributed by atoms with van der Waals surface area (Å²) in [6, 6.07) is 2.20. The van der Waals surface area contributed by atoms with E-state index in [-0.39, 0.29) is 12.5 Å². The minimum atomic E-state index is -4.27. The number of alkyl halides is 3. The zero-order valence-electron chi connectivity index (χ0n) is 16.3. The van der Waals surface area contributed by atoms with Crippen molar-refractivity contribution in [3.63, 3.8) is 0 Å². The molecule has 0 unspecified atom stereocenters. The Labute approximate surface area is 158 Å². The summed E-state index contributed by atoms with van der Waals surface area (Å²) in [4.78, 5) is 7.94. The molecule has 0 amide bonds. The number of nitrogens with zero attached hydrogens (tertiary/aromatic N) is 3. The Morgan fingerprint density at radius 1 is 1.15 bits per heavy atom. The molecule has 1 aromatic rings. The molecule has 152 valence electrons. The Balaban J connectivity index is 1.99. The summed E-state index contributed by atoms with van der Waals surface area (Å²) in [7, 11) is 0. The molecule has 2 saturated heterocycles. The summed E-state index contributed by atoms with van der Waals surface area (Å²) in [5.74, 6) is 0.673. The number of morpholine rings is 1. The standard InChI is InChI=1S/C19H28F3N3O2/c1-13-12-26-9-8-24(13)14-10-16(23-17(11-14)27-18(2,3)4)25-7-5-6-15(25)19(20,21)22/h10-11,13,15H,5-9,12H2,1-4H3/t13-,15-/m1/s1. The number of ether oxygens (including phenoxy) is 2. The van der Waals surface area contributed by atoms with Crippen molar-refractivity contribution in [1.29, 1.82) is 0 Å². The van der Waals surface area contributed by atoms with Crippen LogP contribution < -0.4 is 14.5 Å². The zero-order valence-corrected chi connectivity index (χ0v) is 16.3. The molecule has 2 aliphatic heterocycles. The van der Waals surface area contributed by atoms with Crippen LogP contribution in [0.3, 0.4) is 0 Å². The molecular weight excluding hydrogens is 359 g/mol. The van der Waals surface area contributed by atoms with Crippen LogP contribution in [-0.2, 0) is 4.74 Å². The van der Waals surface area contributed by atoms with Crippen LogP contribution in [0.1, 0.15) is 40.5 Å². The van der Waals surface area contributed by atoms with Gasteiger partial charge in [0.15, 0.2) is 0 Å². The second kappa shape index (κ2) is 7.37. The van der Waals surface area contributed by atoms with Crippen molar-refractivity contribution in [1.82, 2.24) is 4.98 Å². The highest BCUT2D eigenvalue weighted by atomic mass is 19.4. The van der Waals surface area contributed by atoms with Gasteiger partial charge in [-0.1, -0.05) is 0 Å². The SMILES string of the molecule is C[C@@H]1COCCN1c1cc(OC(C)(C)C)nc(N2CCC[C@@H]2C(F)(F)F)c1. The van der Waals surface area contributed by atoms with Gasteiger partial charge in [-0.25, -0.2) is 0 Å². The monoisotopic (exact) mass is 387 g/mol. The van der Waals surface area contributed by atoms with Gasteiger partial charge in [0, 0.05) is 37.0 Å². The maximum atomic E-state index is 13.5. The lowest BCUT2D eigenvalue weighted by molar-refractivity contribution is -0.146. The number of hydrogen-bond donors (Lipinski definition) is 0. The van der Waals surface area contributed by atoms with Gasteiger partial charge in [0.1, 0.15) is 17.5 Å². The van der Waals surface area contributed by atoms with Crippen molar-refractivity contribution in [3.05, 3.63) is 12.1 Å². The van der Waals surface area contributed by atoms with Crippen molar-refractivity contribution in [2.75, 3.05) is 36.1 Å². The summed E-state index contributed by atoms with van der Waals surface area (Å²) in [5.41, 5.74) is 0.330. The van der Waals surface area contributed by atoms with E-state index in [0.29, 0.717) is 44.4 Å². The third-order valence-electron chi connectivity index (χ3n) is 4.81. The van der Waals surface area contributed by atoms with Gasteiger partial charge in [-0.2, -0.15) is 18.2 Å². The van der Waals surface area contributed by atoms with Gasteiger partial charge in [0.25, 0.3) is 0 Å². The van der Waals surface area contributed by atoms with E-state index in [1.54, 1.807) is 6.07 Å². The molecule has 2 aliphatic rings. The summed E-state index contributed by atoms with van der Waals surface area (Å²) < 4.78 is 51.8. The predicted octanol–water partition coefficient (Wildman–Crippen LogP) is 4.02. The highest BCUT2D eigenvalue weighted by Gasteiger charge is 2.46. The quantitative estimate of drug-likeness (QED) is 0.783. The van der Waals surface area contributed by atoms with Crippen molar-refractivity contribution < 1.29 is 22.6 Å². The van der Waals surface area contributed by atoms with E-state index in [1.165, 1.54) is 4.90 Å². The predicted molar refractivity (Wildman–Crippen MR) is 98.7 cm³/mol. The molecule has 1 aromatic heterocycles. The van der Waals surface area contributed by atoms with Crippen LogP contribution in [0.25, 0.3) is 0 Å². The Bertz CT molecular complexity index is 661. The lowest BCUT2D eigenvalue weighted by Gasteiger charge is -2.36. The molecule has 0 aliphatic carbocycles. The molecule has 5 nitrogen and oxygen atoms in total. The Morgan fingerprint density at radius 2 is 1.89 bits per heavy atom. The highest BCUT2D eigenvalue weighted by molar-refractivity contribution is 5.59. The number of halogens is 3. The summed E-state index contributed by atoms with van der Waals surface area (Å²) in [6.07, 6.45) is -3.68. The largest absolute Gasteiger partial charge is 0.472 e. The molecule has 0 aromatic carbocycles. The number of pyridine rings is 1. The molecule has 0 N–H and O–H groups in total. The van der Waals surface area contributed by atoms with Gasteiger partial charge in [0.2, 0.25) is 5.88 Å². The zero-order chi connectivity index (χ0) is 19.8. The fourth-order valence-corrected chi connectivity index (χ4v) is 3.65. The van der Waals surface area contributed by atoms with E-state index in [1.807, 2.05) is 33.8 Å². The first-order valence-corrected chi connectivity index (χ1v) is 9.43. The van der Waals surface area contributed by atoms with Gasteiger partial charge < -0.3 is 19.3 Å². The summed E-state index contributed by atoms with van der Waals surface area (Å²) in [6.45, 7) is 9.93. The van der Waals surface area contributed by atoms with Crippen molar-refractivity contribution in [2.24, 2.45) is 0 Å². The third-order valence-corrected chi connectivity index (χ3v) is 4.81. The average molecular weight is 387 g/mol. The van der Waals surface area contributed by atoms with Crippen LogP contribution in [0.2, 0.25) is 0 Å². The fraction of sp³-hybridized carbons (Fsp3) is 0.737.